The van der Waals surface area contributed by atoms with Crippen molar-refractivity contribution in [2.24, 2.45) is 5.92 Å². The van der Waals surface area contributed by atoms with Crippen molar-refractivity contribution in [3.05, 3.63) is 23.8 Å². The topological polar surface area (TPSA) is 23.8 Å². The van der Waals surface area contributed by atoms with Crippen LogP contribution in [0.2, 0.25) is 0 Å². The molecule has 0 N–H and O–H groups in total. The lowest BCUT2D eigenvalue weighted by molar-refractivity contribution is 0.715. The molecule has 0 aromatic carbocycles. The summed E-state index contributed by atoms with van der Waals surface area (Å²) in [5.74, 6) is 0.131. The summed E-state index contributed by atoms with van der Waals surface area (Å²) in [6.07, 6.45) is 10.7. The molecule has 0 saturated heterocycles. The molecule has 0 heterocycles. The molecule has 1 aliphatic carbocycles. The number of allylic oxidation sites excluding steroid dienone is 4. The van der Waals surface area contributed by atoms with Gasteiger partial charge < -0.3 is 0 Å². The summed E-state index contributed by atoms with van der Waals surface area (Å²) in [6, 6.07) is 2.31. The van der Waals surface area contributed by atoms with Gasteiger partial charge in [-0.15, -0.1) is 0 Å². The Balaban J connectivity index is 2.58. The minimum absolute atomic E-state index is 0.131. The minimum atomic E-state index is 0.131. The first-order valence-electron chi connectivity index (χ1n) is 4.55. The monoisotopic (exact) mass is 161 g/mol. The van der Waals surface area contributed by atoms with E-state index in [0.717, 1.165) is 25.7 Å². The Morgan fingerprint density at radius 2 is 2.33 bits per heavy atom. The van der Waals surface area contributed by atoms with Crippen molar-refractivity contribution in [1.82, 2.24) is 0 Å². The van der Waals surface area contributed by atoms with Crippen LogP contribution >= 0.6 is 0 Å². The fourth-order valence-electron chi connectivity index (χ4n) is 1.38. The fourth-order valence-corrected chi connectivity index (χ4v) is 1.38. The van der Waals surface area contributed by atoms with Crippen LogP contribution in [0.3, 0.4) is 0 Å². The molecule has 1 unspecified atom stereocenters. The molecule has 64 valence electrons. The van der Waals surface area contributed by atoms with Gasteiger partial charge in [-0.1, -0.05) is 23.8 Å². The van der Waals surface area contributed by atoms with E-state index in [1.54, 1.807) is 0 Å². The normalized spacial score (nSPS) is 31.7. The van der Waals surface area contributed by atoms with Crippen LogP contribution in [0.5, 0.6) is 0 Å². The Labute approximate surface area is 74.4 Å². The highest BCUT2D eigenvalue weighted by Gasteiger charge is 2.03. The smallest absolute Gasteiger partial charge is 0.0697 e. The van der Waals surface area contributed by atoms with Gasteiger partial charge in [-0.3, -0.25) is 0 Å². The van der Waals surface area contributed by atoms with E-state index in [1.165, 1.54) is 5.57 Å². The second kappa shape index (κ2) is 4.77. The van der Waals surface area contributed by atoms with Gasteiger partial charge >= 0.3 is 0 Å². The molecule has 1 nitrogen and oxygen atoms in total. The molecule has 0 radical (unpaired) electrons. The minimum Gasteiger partial charge on any atom is -0.198 e. The zero-order valence-electron chi connectivity index (χ0n) is 7.59. The summed E-state index contributed by atoms with van der Waals surface area (Å²) < 4.78 is 0. The summed E-state index contributed by atoms with van der Waals surface area (Å²) >= 11 is 0. The molecule has 0 aliphatic heterocycles. The number of hydrogen-bond donors (Lipinski definition) is 0. The second-order valence-corrected chi connectivity index (χ2v) is 3.33. The molecule has 0 spiro atoms. The Hall–Kier alpha value is -1.03. The van der Waals surface area contributed by atoms with Gasteiger partial charge in [0.1, 0.15) is 0 Å². The fraction of sp³-hybridized carbons (Fsp3) is 0.545. The maximum atomic E-state index is 8.77. The summed E-state index contributed by atoms with van der Waals surface area (Å²) in [7, 11) is 0. The van der Waals surface area contributed by atoms with Gasteiger partial charge in [0.2, 0.25) is 0 Å². The maximum Gasteiger partial charge on any atom is 0.0697 e. The molecular formula is C11H15N. The van der Waals surface area contributed by atoms with Gasteiger partial charge in [-0.25, -0.2) is 0 Å². The van der Waals surface area contributed by atoms with Crippen LogP contribution in [-0.2, 0) is 0 Å². The molecule has 1 rings (SSSR count). The Bertz CT molecular complexity index is 230. The molecular weight excluding hydrogens is 146 g/mol. The number of hydrogen-bond acceptors (Lipinski definition) is 1. The van der Waals surface area contributed by atoms with Crippen LogP contribution in [-0.4, -0.2) is 0 Å². The first-order chi connectivity index (χ1) is 5.83. The van der Waals surface area contributed by atoms with Crippen LogP contribution in [0.15, 0.2) is 23.8 Å². The van der Waals surface area contributed by atoms with E-state index in [9.17, 15) is 0 Å². The van der Waals surface area contributed by atoms with Gasteiger partial charge in [-0.2, -0.15) is 5.26 Å². The second-order valence-electron chi connectivity index (χ2n) is 3.33. The van der Waals surface area contributed by atoms with Gasteiger partial charge in [0.15, 0.2) is 0 Å². The van der Waals surface area contributed by atoms with E-state index >= 15 is 0 Å². The highest BCUT2D eigenvalue weighted by Crippen LogP contribution is 2.16. The summed E-state index contributed by atoms with van der Waals surface area (Å²) in [5.41, 5.74) is 1.43. The first kappa shape index (κ1) is 9.06. The Morgan fingerprint density at radius 3 is 3.08 bits per heavy atom. The molecule has 0 aromatic heterocycles. The van der Waals surface area contributed by atoms with Crippen molar-refractivity contribution in [3.8, 4) is 6.07 Å². The third-order valence-corrected chi connectivity index (χ3v) is 2.21. The Kier molecular flexibility index (Phi) is 3.60. The van der Waals surface area contributed by atoms with Crippen molar-refractivity contribution in [1.29, 1.82) is 5.26 Å². The van der Waals surface area contributed by atoms with Crippen molar-refractivity contribution < 1.29 is 0 Å². The number of nitriles is 1. The molecule has 1 atom stereocenters. The molecule has 0 fully saturated rings. The van der Waals surface area contributed by atoms with E-state index in [0.29, 0.717) is 0 Å². The van der Waals surface area contributed by atoms with Crippen LogP contribution < -0.4 is 0 Å². The zero-order chi connectivity index (χ0) is 8.81. The molecule has 0 bridgehead atoms. The zero-order valence-corrected chi connectivity index (χ0v) is 7.59. The van der Waals surface area contributed by atoms with Gasteiger partial charge in [0.25, 0.3) is 0 Å². The van der Waals surface area contributed by atoms with Crippen molar-refractivity contribution >= 4 is 0 Å². The SMILES string of the molecule is C/C1=C/CC/C=C\C(C#N)CC1. The van der Waals surface area contributed by atoms with Crippen LogP contribution in [0.1, 0.15) is 32.6 Å². The lowest BCUT2D eigenvalue weighted by Gasteiger charge is -2.01. The molecule has 1 heteroatoms. The third kappa shape index (κ3) is 2.92. The highest BCUT2D eigenvalue weighted by atomic mass is 14.3. The molecule has 12 heavy (non-hydrogen) atoms. The number of nitrogens with zero attached hydrogens (tertiary/aromatic N) is 1. The predicted octanol–water partition coefficient (Wildman–Crippen LogP) is 3.20. The number of rotatable bonds is 0. The molecule has 0 saturated carbocycles. The van der Waals surface area contributed by atoms with Gasteiger partial charge in [0, 0.05) is 0 Å². The summed E-state index contributed by atoms with van der Waals surface area (Å²) in [5, 5.41) is 8.77. The first-order valence-corrected chi connectivity index (χ1v) is 4.55. The molecule has 1 aliphatic rings. The van der Waals surface area contributed by atoms with E-state index in [4.69, 9.17) is 5.26 Å². The molecule has 0 aromatic rings. The van der Waals surface area contributed by atoms with E-state index in [-0.39, 0.29) is 5.92 Å². The average Bonchev–Trinajstić information content (AvgIpc) is 2.17. The lowest BCUT2D eigenvalue weighted by Crippen LogP contribution is -1.91. The van der Waals surface area contributed by atoms with Crippen molar-refractivity contribution in [3.63, 3.8) is 0 Å². The summed E-state index contributed by atoms with van der Waals surface area (Å²) in [4.78, 5) is 0. The van der Waals surface area contributed by atoms with Crippen molar-refractivity contribution in [2.45, 2.75) is 32.6 Å². The predicted molar refractivity (Wildman–Crippen MR) is 50.5 cm³/mol. The largest absolute Gasteiger partial charge is 0.198 e. The third-order valence-electron chi connectivity index (χ3n) is 2.21. The highest BCUT2D eigenvalue weighted by molar-refractivity contribution is 5.07. The van der Waals surface area contributed by atoms with E-state index < -0.39 is 0 Å². The summed E-state index contributed by atoms with van der Waals surface area (Å²) in [6.45, 7) is 2.15. The quantitative estimate of drug-likeness (QED) is 0.500. The van der Waals surface area contributed by atoms with Crippen molar-refractivity contribution in [2.75, 3.05) is 0 Å². The van der Waals surface area contributed by atoms with Crippen LogP contribution in [0, 0.1) is 17.2 Å². The van der Waals surface area contributed by atoms with Crippen LogP contribution in [0.25, 0.3) is 0 Å². The molecule has 0 amide bonds. The standard InChI is InChI=1S/C11H15N/c1-10-5-3-2-4-6-11(9-12)8-7-10/h4-6,11H,2-3,7-8H2,1H3/b6-4-,10-5-. The van der Waals surface area contributed by atoms with Gasteiger partial charge in [0.05, 0.1) is 12.0 Å². The van der Waals surface area contributed by atoms with E-state index in [1.807, 2.05) is 6.08 Å². The lowest BCUT2D eigenvalue weighted by atomic mass is 10.0. The Morgan fingerprint density at radius 1 is 1.50 bits per heavy atom. The van der Waals surface area contributed by atoms with Gasteiger partial charge in [-0.05, 0) is 32.6 Å². The average molecular weight is 161 g/mol. The van der Waals surface area contributed by atoms with Crippen LogP contribution in [0.4, 0.5) is 0 Å². The maximum absolute atomic E-state index is 8.77. The van der Waals surface area contributed by atoms with E-state index in [2.05, 4.69) is 25.1 Å².